The molecular weight excluding hydrogens is 336 g/mol. The molecule has 0 aromatic rings. The first-order chi connectivity index (χ1) is 12.5. The Balaban J connectivity index is 1.71. The maximum Gasteiger partial charge on any atom is 0.303 e. The smallest absolute Gasteiger partial charge is 0.303 e. The van der Waals surface area contributed by atoms with E-state index in [9.17, 15) is 15.0 Å². The Morgan fingerprint density at radius 1 is 1.08 bits per heavy atom. The predicted molar refractivity (Wildman–Crippen MR) is 97.4 cm³/mol. The average molecular weight is 370 g/mol. The summed E-state index contributed by atoms with van der Waals surface area (Å²) in [5.74, 6) is -0.0332. The Morgan fingerprint density at radius 2 is 1.81 bits per heavy atom. The second kappa shape index (κ2) is 11.0. The Morgan fingerprint density at radius 3 is 2.54 bits per heavy atom. The second-order valence-electron chi connectivity index (χ2n) is 7.83. The molecule has 1 heterocycles. The van der Waals surface area contributed by atoms with E-state index >= 15 is 0 Å². The lowest BCUT2D eigenvalue weighted by Crippen LogP contribution is -2.29. The minimum absolute atomic E-state index is 0.0814. The molecule has 2 aliphatic rings. The fraction of sp³-hybridized carbons (Fsp3) is 0.850. The first-order valence-corrected chi connectivity index (χ1v) is 10.1. The van der Waals surface area contributed by atoms with Gasteiger partial charge in [-0.1, -0.05) is 31.4 Å². The summed E-state index contributed by atoms with van der Waals surface area (Å²) < 4.78 is 0. The highest BCUT2D eigenvalue weighted by atomic mass is 17.2. The van der Waals surface area contributed by atoms with Crippen LogP contribution in [0.25, 0.3) is 0 Å². The van der Waals surface area contributed by atoms with Crippen molar-refractivity contribution in [3.8, 4) is 0 Å². The maximum absolute atomic E-state index is 10.5. The molecule has 1 aliphatic heterocycles. The van der Waals surface area contributed by atoms with Gasteiger partial charge < -0.3 is 15.3 Å². The third-order valence-corrected chi connectivity index (χ3v) is 5.52. The van der Waals surface area contributed by atoms with E-state index in [4.69, 9.17) is 14.9 Å². The van der Waals surface area contributed by atoms with Gasteiger partial charge in [-0.05, 0) is 44.9 Å². The zero-order valence-corrected chi connectivity index (χ0v) is 15.8. The van der Waals surface area contributed by atoms with Gasteiger partial charge in [0.25, 0.3) is 0 Å². The first-order valence-electron chi connectivity index (χ1n) is 10.1. The molecule has 6 heteroatoms. The second-order valence-corrected chi connectivity index (χ2v) is 7.83. The fourth-order valence-electron chi connectivity index (χ4n) is 4.07. The Bertz CT molecular complexity index is 450. The van der Waals surface area contributed by atoms with Crippen LogP contribution < -0.4 is 0 Å². The van der Waals surface area contributed by atoms with E-state index in [1.54, 1.807) is 6.92 Å². The molecule has 6 nitrogen and oxygen atoms in total. The number of aliphatic hydroxyl groups is 2. The largest absolute Gasteiger partial charge is 0.481 e. The van der Waals surface area contributed by atoms with Crippen LogP contribution in [0.2, 0.25) is 0 Å². The normalized spacial score (nSPS) is 30.1. The van der Waals surface area contributed by atoms with Gasteiger partial charge in [0.1, 0.15) is 6.10 Å². The van der Waals surface area contributed by atoms with Crippen molar-refractivity contribution < 1.29 is 29.9 Å². The third kappa shape index (κ3) is 6.99. The number of carboxylic acids is 1. The monoisotopic (exact) mass is 370 g/mol. The lowest BCUT2D eigenvalue weighted by Gasteiger charge is -2.28. The molecule has 0 amide bonds. The molecular formula is C20H34O6. The van der Waals surface area contributed by atoms with Crippen molar-refractivity contribution >= 4 is 5.97 Å². The van der Waals surface area contributed by atoms with Gasteiger partial charge in [-0.15, -0.1) is 0 Å². The molecule has 3 N–H and O–H groups in total. The predicted octanol–water partition coefficient (Wildman–Crippen LogP) is 3.21. The third-order valence-electron chi connectivity index (χ3n) is 5.52. The zero-order chi connectivity index (χ0) is 18.9. The lowest BCUT2D eigenvalue weighted by molar-refractivity contribution is -0.337. The topological polar surface area (TPSA) is 96.2 Å². The summed E-state index contributed by atoms with van der Waals surface area (Å²) >= 11 is 0. The lowest BCUT2D eigenvalue weighted by atomic mass is 9.87. The van der Waals surface area contributed by atoms with Crippen LogP contribution in [0.15, 0.2) is 12.2 Å². The molecule has 1 saturated carbocycles. The van der Waals surface area contributed by atoms with Crippen LogP contribution in [0.1, 0.15) is 71.1 Å². The molecule has 1 unspecified atom stereocenters. The minimum Gasteiger partial charge on any atom is -0.481 e. The van der Waals surface area contributed by atoms with Gasteiger partial charge in [0, 0.05) is 18.8 Å². The van der Waals surface area contributed by atoms with Crippen LogP contribution in [0, 0.1) is 11.8 Å². The van der Waals surface area contributed by atoms with Gasteiger partial charge in [0.2, 0.25) is 0 Å². The number of aliphatic carboxylic acids is 1. The molecule has 0 radical (unpaired) electrons. The molecule has 1 aliphatic carbocycles. The summed E-state index contributed by atoms with van der Waals surface area (Å²) in [5.41, 5.74) is 0. The van der Waals surface area contributed by atoms with Crippen molar-refractivity contribution in [1.29, 1.82) is 0 Å². The van der Waals surface area contributed by atoms with Crippen molar-refractivity contribution in [1.82, 2.24) is 0 Å². The van der Waals surface area contributed by atoms with Gasteiger partial charge in [-0.25, -0.2) is 9.78 Å². The van der Waals surface area contributed by atoms with Crippen molar-refractivity contribution in [2.24, 2.45) is 11.8 Å². The van der Waals surface area contributed by atoms with Crippen molar-refractivity contribution in [3.63, 3.8) is 0 Å². The van der Waals surface area contributed by atoms with Crippen LogP contribution in [-0.2, 0) is 14.6 Å². The van der Waals surface area contributed by atoms with Crippen LogP contribution >= 0.6 is 0 Å². The highest BCUT2D eigenvalue weighted by molar-refractivity contribution is 5.66. The van der Waals surface area contributed by atoms with Gasteiger partial charge in [-0.3, -0.25) is 4.79 Å². The summed E-state index contributed by atoms with van der Waals surface area (Å²) in [6.45, 7) is 1.76. The number of hydrogen-bond donors (Lipinski definition) is 3. The van der Waals surface area contributed by atoms with E-state index in [1.165, 1.54) is 0 Å². The SMILES string of the molecule is CC(O)CCC[C@H](O)/C=C/[C@@H]1[C@@H](CCCCCCC(=O)O)[C@@H]2C[C@H]1OO2. The molecule has 0 aromatic heterocycles. The van der Waals surface area contributed by atoms with Crippen LogP contribution in [-0.4, -0.2) is 45.7 Å². The van der Waals surface area contributed by atoms with E-state index in [2.05, 4.69) is 6.08 Å². The Labute approximate surface area is 156 Å². The van der Waals surface area contributed by atoms with Gasteiger partial charge >= 0.3 is 5.97 Å². The van der Waals surface area contributed by atoms with Crippen molar-refractivity contribution in [2.75, 3.05) is 0 Å². The number of rotatable bonds is 13. The summed E-state index contributed by atoms with van der Waals surface area (Å²) in [4.78, 5) is 21.3. The highest BCUT2D eigenvalue weighted by Gasteiger charge is 2.49. The number of carboxylic acid groups (broad SMARTS) is 1. The van der Waals surface area contributed by atoms with Gasteiger partial charge in [0.05, 0.1) is 18.3 Å². The number of unbranched alkanes of at least 4 members (excludes halogenated alkanes) is 3. The molecule has 2 fully saturated rings. The van der Waals surface area contributed by atoms with E-state index in [0.29, 0.717) is 18.8 Å². The molecule has 2 rings (SSSR count). The Hall–Kier alpha value is -0.950. The molecule has 2 bridgehead atoms. The first kappa shape index (κ1) is 21.4. The molecule has 150 valence electrons. The number of hydrogen-bond acceptors (Lipinski definition) is 5. The number of carbonyl (C=O) groups is 1. The molecule has 0 spiro atoms. The molecule has 1 saturated heterocycles. The van der Waals surface area contributed by atoms with Gasteiger partial charge in [0.15, 0.2) is 0 Å². The zero-order valence-electron chi connectivity index (χ0n) is 15.8. The molecule has 0 aromatic carbocycles. The number of aliphatic hydroxyl groups excluding tert-OH is 2. The Kier molecular flexibility index (Phi) is 9.05. The van der Waals surface area contributed by atoms with Crippen molar-refractivity contribution in [3.05, 3.63) is 12.2 Å². The maximum atomic E-state index is 10.5. The van der Waals surface area contributed by atoms with Crippen LogP contribution in [0.4, 0.5) is 0 Å². The van der Waals surface area contributed by atoms with Gasteiger partial charge in [-0.2, -0.15) is 0 Å². The van der Waals surface area contributed by atoms with E-state index in [0.717, 1.165) is 44.9 Å². The van der Waals surface area contributed by atoms with E-state index in [-0.39, 0.29) is 30.7 Å². The minimum atomic E-state index is -0.721. The van der Waals surface area contributed by atoms with E-state index < -0.39 is 12.1 Å². The summed E-state index contributed by atoms with van der Waals surface area (Å²) in [6, 6.07) is 0. The molecule has 6 atom stereocenters. The average Bonchev–Trinajstić information content (AvgIpc) is 3.17. The standard InChI is InChI=1S/C20H34O6/c1-14(21)7-6-8-15(22)11-12-17-16(18-13-19(17)26-25-18)9-4-2-3-5-10-20(23)24/h11-12,14-19,21-22H,2-10,13H2,1H3,(H,23,24)/b12-11+/t14?,15-,16+,17+,18-,19+/m0/s1. The van der Waals surface area contributed by atoms with Crippen molar-refractivity contribution in [2.45, 2.75) is 95.5 Å². The quantitative estimate of drug-likeness (QED) is 0.262. The van der Waals surface area contributed by atoms with Crippen LogP contribution in [0.5, 0.6) is 0 Å². The summed E-state index contributed by atoms with van der Waals surface area (Å²) in [6.07, 6.45) is 11.6. The fourth-order valence-corrected chi connectivity index (χ4v) is 4.07. The summed E-state index contributed by atoms with van der Waals surface area (Å²) in [5, 5.41) is 28.0. The van der Waals surface area contributed by atoms with E-state index in [1.807, 2.05) is 6.08 Å². The number of fused-ring (bicyclic) bond motifs is 2. The molecule has 26 heavy (non-hydrogen) atoms. The summed E-state index contributed by atoms with van der Waals surface area (Å²) in [7, 11) is 0. The van der Waals surface area contributed by atoms with Crippen LogP contribution in [0.3, 0.4) is 0 Å². The highest BCUT2D eigenvalue weighted by Crippen LogP contribution is 2.45.